The van der Waals surface area contributed by atoms with Crippen molar-refractivity contribution >= 4 is 26.2 Å². The Kier molecular flexibility index (Phi) is 5.61. The van der Waals surface area contributed by atoms with Crippen LogP contribution in [0.1, 0.15) is 23.6 Å². The van der Waals surface area contributed by atoms with Gasteiger partial charge in [-0.05, 0) is 64.4 Å². The molecule has 0 radical (unpaired) electrons. The Morgan fingerprint density at radius 3 is 2.77 bits per heavy atom. The van der Waals surface area contributed by atoms with Crippen LogP contribution < -0.4 is 9.82 Å². The quantitative estimate of drug-likeness (QED) is 0.763. The second-order valence-corrected chi connectivity index (χ2v) is 7.92. The summed E-state index contributed by atoms with van der Waals surface area (Å²) in [7, 11) is 0.356. The molecule has 0 fully saturated rings. The molecular weight excluding hydrogens is 367 g/mol. The topological polar surface area (TPSA) is 62.1 Å². The molecule has 0 aromatic heterocycles. The molecule has 0 aliphatic carbocycles. The predicted molar refractivity (Wildman–Crippen MR) is 105 cm³/mol. The third-order valence-electron chi connectivity index (χ3n) is 4.11. The lowest BCUT2D eigenvalue weighted by Crippen LogP contribution is -2.24. The van der Waals surface area contributed by atoms with E-state index in [0.29, 0.717) is 30.8 Å². The number of carbonyl (C=O) groups excluding carboxylic acids is 1. The third kappa shape index (κ3) is 4.25. The molecule has 1 aliphatic rings. The fourth-order valence-electron chi connectivity index (χ4n) is 2.72. The van der Waals surface area contributed by atoms with Crippen LogP contribution in [0.3, 0.4) is 0 Å². The maximum absolute atomic E-state index is 11.5. The molecule has 0 spiro atoms. The lowest BCUT2D eigenvalue weighted by molar-refractivity contribution is -0.115. The van der Waals surface area contributed by atoms with Crippen LogP contribution in [0.2, 0.25) is 5.02 Å². The van der Waals surface area contributed by atoms with Crippen molar-refractivity contribution in [3.8, 4) is 17.6 Å². The van der Waals surface area contributed by atoms with Crippen LogP contribution in [0.25, 0.3) is 0 Å². The fourth-order valence-corrected chi connectivity index (χ4v) is 4.06. The number of hydrogen-bond acceptors (Lipinski definition) is 3. The molecule has 0 bridgehead atoms. The Bertz CT molecular complexity index is 934. The largest absolute Gasteiger partial charge is 0.454 e. The van der Waals surface area contributed by atoms with Crippen molar-refractivity contribution in [3.63, 3.8) is 0 Å². The zero-order valence-corrected chi connectivity index (χ0v) is 16.2. The molecule has 4 nitrogen and oxygen atoms in total. The van der Waals surface area contributed by atoms with Gasteiger partial charge in [0.05, 0.1) is 10.6 Å². The number of benzene rings is 2. The highest BCUT2D eigenvalue weighted by Gasteiger charge is 2.18. The summed E-state index contributed by atoms with van der Waals surface area (Å²) in [5.41, 5.74) is 3.54. The van der Waals surface area contributed by atoms with Gasteiger partial charge < -0.3 is 9.82 Å². The Morgan fingerprint density at radius 1 is 1.23 bits per heavy atom. The maximum Gasteiger partial charge on any atom is 0.249 e. The van der Waals surface area contributed by atoms with Crippen molar-refractivity contribution in [2.75, 3.05) is 0 Å². The average molecular weight is 385 g/mol. The summed E-state index contributed by atoms with van der Waals surface area (Å²) >= 11 is 6.29. The van der Waals surface area contributed by atoms with Crippen LogP contribution in [0.5, 0.6) is 11.5 Å². The van der Waals surface area contributed by atoms with Gasteiger partial charge >= 0.3 is 0 Å². The van der Waals surface area contributed by atoms with E-state index in [0.717, 1.165) is 23.1 Å². The SMILES string of the molecule is CC1=CC(Cc2ccc(Cl)c(Oc3cc(C)ccc3C#N)c2)PNC1=O. The molecule has 1 amide bonds. The monoisotopic (exact) mass is 384 g/mol. The summed E-state index contributed by atoms with van der Waals surface area (Å²) in [6.07, 6.45) is 2.79. The molecular formula is C20H18ClN2O2P. The molecule has 0 saturated carbocycles. The Morgan fingerprint density at radius 2 is 2.04 bits per heavy atom. The third-order valence-corrected chi connectivity index (χ3v) is 5.53. The highest BCUT2D eigenvalue weighted by Crippen LogP contribution is 2.34. The van der Waals surface area contributed by atoms with Crippen LogP contribution in [0, 0.1) is 18.3 Å². The normalized spacial score (nSPS) is 17.4. The Labute approximate surface area is 159 Å². The van der Waals surface area contributed by atoms with Crippen molar-refractivity contribution in [1.82, 2.24) is 5.09 Å². The highest BCUT2D eigenvalue weighted by molar-refractivity contribution is 7.38. The number of rotatable bonds is 4. The summed E-state index contributed by atoms with van der Waals surface area (Å²) in [5.74, 6) is 1.02. The zero-order valence-electron chi connectivity index (χ0n) is 14.5. The molecule has 26 heavy (non-hydrogen) atoms. The minimum Gasteiger partial charge on any atom is -0.454 e. The van der Waals surface area contributed by atoms with E-state index < -0.39 is 0 Å². The van der Waals surface area contributed by atoms with Gasteiger partial charge in [0.15, 0.2) is 0 Å². The number of nitrogens with one attached hydrogen (secondary N) is 1. The molecule has 0 saturated heterocycles. The number of hydrogen-bond donors (Lipinski definition) is 1. The van der Waals surface area contributed by atoms with E-state index >= 15 is 0 Å². The Balaban J connectivity index is 1.84. The molecule has 132 valence electrons. The first kappa shape index (κ1) is 18.5. The van der Waals surface area contributed by atoms with Gasteiger partial charge in [-0.15, -0.1) is 0 Å². The second kappa shape index (κ2) is 7.91. The number of nitrogens with zero attached hydrogens (tertiary/aromatic N) is 1. The van der Waals surface area contributed by atoms with Gasteiger partial charge in [0.25, 0.3) is 0 Å². The molecule has 3 rings (SSSR count). The number of allylic oxidation sites excluding steroid dienone is 1. The summed E-state index contributed by atoms with van der Waals surface area (Å²) < 4.78 is 5.94. The molecule has 1 heterocycles. The molecule has 2 atom stereocenters. The van der Waals surface area contributed by atoms with Gasteiger partial charge in [-0.2, -0.15) is 5.26 Å². The van der Waals surface area contributed by atoms with Crippen LogP contribution in [-0.4, -0.2) is 11.6 Å². The van der Waals surface area contributed by atoms with E-state index in [2.05, 4.69) is 11.2 Å². The second-order valence-electron chi connectivity index (χ2n) is 6.24. The zero-order chi connectivity index (χ0) is 18.7. The summed E-state index contributed by atoms with van der Waals surface area (Å²) in [4.78, 5) is 11.5. The van der Waals surface area contributed by atoms with Gasteiger partial charge in [0.2, 0.25) is 5.91 Å². The first-order valence-electron chi connectivity index (χ1n) is 8.17. The minimum atomic E-state index is 0.00296. The number of amides is 1. The van der Waals surface area contributed by atoms with Crippen LogP contribution in [0.4, 0.5) is 0 Å². The van der Waals surface area contributed by atoms with E-state index in [9.17, 15) is 10.1 Å². The average Bonchev–Trinajstić information content (AvgIpc) is 2.61. The molecule has 6 heteroatoms. The van der Waals surface area contributed by atoms with Gasteiger partial charge in [-0.3, -0.25) is 4.79 Å². The molecule has 1 N–H and O–H groups in total. The van der Waals surface area contributed by atoms with E-state index in [1.807, 2.05) is 44.2 Å². The number of nitriles is 1. The van der Waals surface area contributed by atoms with Gasteiger partial charge in [0.1, 0.15) is 17.6 Å². The number of aryl methyl sites for hydroxylation is 1. The summed E-state index contributed by atoms with van der Waals surface area (Å²) in [6, 6.07) is 13.2. The smallest absolute Gasteiger partial charge is 0.249 e. The van der Waals surface area contributed by atoms with E-state index in [1.54, 1.807) is 12.1 Å². The highest BCUT2D eigenvalue weighted by atomic mass is 35.5. The van der Waals surface area contributed by atoms with E-state index in [4.69, 9.17) is 16.3 Å². The Hall–Kier alpha value is -2.34. The van der Waals surface area contributed by atoms with Crippen molar-refractivity contribution in [3.05, 3.63) is 69.8 Å². The predicted octanol–water partition coefficient (Wildman–Crippen LogP) is 4.89. The lowest BCUT2D eigenvalue weighted by Gasteiger charge is -2.20. The van der Waals surface area contributed by atoms with Crippen molar-refractivity contribution < 1.29 is 9.53 Å². The molecule has 1 aliphatic heterocycles. The van der Waals surface area contributed by atoms with Gasteiger partial charge in [0, 0.05) is 11.2 Å². The van der Waals surface area contributed by atoms with Gasteiger partial charge in [-0.1, -0.05) is 29.8 Å². The number of halogens is 1. The maximum atomic E-state index is 11.5. The standard InChI is InChI=1S/C20H18ClN2O2P/c1-12-3-5-15(11-22)18(7-12)25-19-10-14(4-6-17(19)21)9-16-8-13(2)20(24)23-26-16/h3-8,10,16,26H,9H2,1-2H3,(H,23,24). The minimum absolute atomic E-state index is 0.00296. The van der Waals surface area contributed by atoms with Crippen LogP contribution in [0.15, 0.2) is 48.0 Å². The van der Waals surface area contributed by atoms with Gasteiger partial charge in [-0.25, -0.2) is 0 Å². The lowest BCUT2D eigenvalue weighted by atomic mass is 10.1. The van der Waals surface area contributed by atoms with Crippen LogP contribution in [-0.2, 0) is 11.2 Å². The first-order valence-corrected chi connectivity index (χ1v) is 9.63. The molecule has 2 aromatic rings. The van der Waals surface area contributed by atoms with Crippen molar-refractivity contribution in [2.45, 2.75) is 25.9 Å². The molecule has 2 aromatic carbocycles. The molecule has 2 unspecified atom stereocenters. The fraction of sp³-hybridized carbons (Fsp3) is 0.200. The van der Waals surface area contributed by atoms with E-state index in [1.165, 1.54) is 0 Å². The first-order chi connectivity index (χ1) is 12.5. The number of carbonyl (C=O) groups is 1. The van der Waals surface area contributed by atoms with Crippen molar-refractivity contribution in [1.29, 1.82) is 5.26 Å². The van der Waals surface area contributed by atoms with E-state index in [-0.39, 0.29) is 11.6 Å². The van der Waals surface area contributed by atoms with Crippen LogP contribution >= 0.6 is 20.3 Å². The van der Waals surface area contributed by atoms with Crippen molar-refractivity contribution in [2.24, 2.45) is 0 Å². The summed E-state index contributed by atoms with van der Waals surface area (Å²) in [5, 5.41) is 12.7. The summed E-state index contributed by atoms with van der Waals surface area (Å²) in [6.45, 7) is 3.77. The number of ether oxygens (including phenoxy) is 1.